The monoisotopic (exact) mass is 280 g/mol. The summed E-state index contributed by atoms with van der Waals surface area (Å²) in [5.41, 5.74) is 0.824. The Morgan fingerprint density at radius 2 is 2.26 bits per heavy atom. The van der Waals surface area contributed by atoms with Crippen LogP contribution in [0.2, 0.25) is 0 Å². The summed E-state index contributed by atoms with van der Waals surface area (Å²) in [5.74, 6) is -0.0227. The maximum Gasteiger partial charge on any atom is 0.165 e. The lowest BCUT2D eigenvalue weighted by Gasteiger charge is -2.13. The van der Waals surface area contributed by atoms with Gasteiger partial charge in [0.15, 0.2) is 11.6 Å². The van der Waals surface area contributed by atoms with Gasteiger partial charge < -0.3 is 10.1 Å². The van der Waals surface area contributed by atoms with Gasteiger partial charge in [-0.1, -0.05) is 26.0 Å². The van der Waals surface area contributed by atoms with E-state index >= 15 is 0 Å². The third-order valence-electron chi connectivity index (χ3n) is 2.57. The third-order valence-corrected chi connectivity index (χ3v) is 3.33. The quantitative estimate of drug-likeness (QED) is 0.881. The summed E-state index contributed by atoms with van der Waals surface area (Å²) in [4.78, 5) is 4.12. The number of rotatable bonds is 6. The van der Waals surface area contributed by atoms with Crippen molar-refractivity contribution in [2.75, 3.05) is 0 Å². The highest BCUT2D eigenvalue weighted by Gasteiger charge is 2.11. The summed E-state index contributed by atoms with van der Waals surface area (Å²) in [6, 6.07) is 5.32. The maximum absolute atomic E-state index is 13.8. The SMILES string of the molecule is CC(C)NCc1cccc(F)c1OCc1nccs1. The molecule has 0 fully saturated rings. The lowest BCUT2D eigenvalue weighted by Crippen LogP contribution is -2.22. The van der Waals surface area contributed by atoms with Gasteiger partial charge >= 0.3 is 0 Å². The average Bonchev–Trinajstić information content (AvgIpc) is 2.88. The minimum Gasteiger partial charge on any atom is -0.483 e. The number of para-hydroxylation sites is 1. The highest BCUT2D eigenvalue weighted by Crippen LogP contribution is 2.24. The number of thiazole rings is 1. The molecule has 1 N–H and O–H groups in total. The van der Waals surface area contributed by atoms with Crippen molar-refractivity contribution in [3.05, 3.63) is 46.2 Å². The fourth-order valence-electron chi connectivity index (χ4n) is 1.63. The van der Waals surface area contributed by atoms with Crippen molar-refractivity contribution >= 4 is 11.3 Å². The molecular weight excluding hydrogens is 263 g/mol. The van der Waals surface area contributed by atoms with Crippen LogP contribution in [0.4, 0.5) is 4.39 Å². The molecule has 0 aliphatic heterocycles. The van der Waals surface area contributed by atoms with E-state index in [0.29, 0.717) is 24.9 Å². The Labute approximate surface area is 116 Å². The average molecular weight is 280 g/mol. The van der Waals surface area contributed by atoms with Crippen molar-refractivity contribution in [3.8, 4) is 5.75 Å². The molecule has 102 valence electrons. The molecule has 2 aromatic rings. The van der Waals surface area contributed by atoms with E-state index in [1.165, 1.54) is 17.4 Å². The largest absolute Gasteiger partial charge is 0.483 e. The van der Waals surface area contributed by atoms with Gasteiger partial charge in [-0.05, 0) is 6.07 Å². The Bertz CT molecular complexity index is 514. The molecule has 2 rings (SSSR count). The zero-order valence-electron chi connectivity index (χ0n) is 11.0. The molecule has 3 nitrogen and oxygen atoms in total. The fourth-order valence-corrected chi connectivity index (χ4v) is 2.15. The molecule has 0 saturated heterocycles. The van der Waals surface area contributed by atoms with E-state index < -0.39 is 0 Å². The van der Waals surface area contributed by atoms with E-state index in [-0.39, 0.29) is 5.82 Å². The van der Waals surface area contributed by atoms with Crippen molar-refractivity contribution in [2.45, 2.75) is 33.0 Å². The van der Waals surface area contributed by atoms with Gasteiger partial charge in [0.25, 0.3) is 0 Å². The number of nitrogens with zero attached hydrogens (tertiary/aromatic N) is 1. The summed E-state index contributed by atoms with van der Waals surface area (Å²) >= 11 is 1.50. The van der Waals surface area contributed by atoms with Crippen LogP contribution in [-0.2, 0) is 13.2 Å². The van der Waals surface area contributed by atoms with E-state index in [9.17, 15) is 4.39 Å². The Kier molecular flexibility index (Phi) is 4.87. The molecule has 5 heteroatoms. The van der Waals surface area contributed by atoms with Gasteiger partial charge in [0.2, 0.25) is 0 Å². The lowest BCUT2D eigenvalue weighted by atomic mass is 10.2. The molecule has 0 radical (unpaired) electrons. The molecule has 0 bridgehead atoms. The molecule has 1 aromatic heterocycles. The molecular formula is C14H17FN2OS. The zero-order chi connectivity index (χ0) is 13.7. The summed E-state index contributed by atoms with van der Waals surface area (Å²) in [6.45, 7) is 4.99. The molecule has 0 unspecified atom stereocenters. The Morgan fingerprint density at radius 1 is 1.42 bits per heavy atom. The van der Waals surface area contributed by atoms with E-state index in [1.807, 2.05) is 11.4 Å². The molecule has 0 aliphatic rings. The number of hydrogen-bond acceptors (Lipinski definition) is 4. The molecule has 1 aromatic carbocycles. The van der Waals surface area contributed by atoms with E-state index in [0.717, 1.165) is 10.6 Å². The van der Waals surface area contributed by atoms with Crippen LogP contribution in [0.15, 0.2) is 29.8 Å². The second kappa shape index (κ2) is 6.63. The van der Waals surface area contributed by atoms with Crippen molar-refractivity contribution in [3.63, 3.8) is 0 Å². The van der Waals surface area contributed by atoms with Crippen LogP contribution in [-0.4, -0.2) is 11.0 Å². The van der Waals surface area contributed by atoms with Gasteiger partial charge in [-0.2, -0.15) is 0 Å². The Hall–Kier alpha value is -1.46. The topological polar surface area (TPSA) is 34.1 Å². The van der Waals surface area contributed by atoms with Crippen LogP contribution < -0.4 is 10.1 Å². The second-order valence-corrected chi connectivity index (χ2v) is 5.46. The summed E-state index contributed by atoms with van der Waals surface area (Å²) < 4.78 is 19.4. The van der Waals surface area contributed by atoms with Crippen LogP contribution in [0, 0.1) is 5.82 Å². The molecule has 19 heavy (non-hydrogen) atoms. The normalized spacial score (nSPS) is 10.9. The van der Waals surface area contributed by atoms with Gasteiger partial charge in [0.1, 0.15) is 11.6 Å². The first-order valence-electron chi connectivity index (χ1n) is 6.18. The molecule has 1 heterocycles. The lowest BCUT2D eigenvalue weighted by molar-refractivity contribution is 0.285. The van der Waals surface area contributed by atoms with E-state index in [4.69, 9.17) is 4.74 Å². The third kappa shape index (κ3) is 4.01. The number of aromatic nitrogens is 1. The smallest absolute Gasteiger partial charge is 0.165 e. The molecule has 0 amide bonds. The first-order chi connectivity index (χ1) is 9.16. The van der Waals surface area contributed by atoms with Crippen LogP contribution in [0.1, 0.15) is 24.4 Å². The predicted octanol–water partition coefficient (Wildman–Crippen LogP) is 3.36. The van der Waals surface area contributed by atoms with Crippen LogP contribution in [0.3, 0.4) is 0 Å². The fraction of sp³-hybridized carbons (Fsp3) is 0.357. The van der Waals surface area contributed by atoms with Crippen molar-refractivity contribution in [2.24, 2.45) is 0 Å². The standard InChI is InChI=1S/C14H17FN2OS/c1-10(2)17-8-11-4-3-5-12(15)14(11)18-9-13-16-6-7-19-13/h3-7,10,17H,8-9H2,1-2H3. The second-order valence-electron chi connectivity index (χ2n) is 4.48. The summed E-state index contributed by atoms with van der Waals surface area (Å²) in [5, 5.41) is 5.98. The maximum atomic E-state index is 13.8. The van der Waals surface area contributed by atoms with Crippen LogP contribution >= 0.6 is 11.3 Å². The number of halogens is 1. The molecule has 0 spiro atoms. The van der Waals surface area contributed by atoms with Gasteiger partial charge in [0.05, 0.1) is 0 Å². The first-order valence-corrected chi connectivity index (χ1v) is 7.06. The summed E-state index contributed by atoms with van der Waals surface area (Å²) in [7, 11) is 0. The molecule has 0 atom stereocenters. The molecule has 0 aliphatic carbocycles. The highest BCUT2D eigenvalue weighted by atomic mass is 32.1. The van der Waals surface area contributed by atoms with Crippen molar-refractivity contribution < 1.29 is 9.13 Å². The highest BCUT2D eigenvalue weighted by molar-refractivity contribution is 7.09. The van der Waals surface area contributed by atoms with E-state index in [1.54, 1.807) is 12.3 Å². The van der Waals surface area contributed by atoms with Crippen LogP contribution in [0.25, 0.3) is 0 Å². The molecule has 0 saturated carbocycles. The van der Waals surface area contributed by atoms with Gasteiger partial charge in [0, 0.05) is 29.7 Å². The Morgan fingerprint density at radius 3 is 2.95 bits per heavy atom. The van der Waals surface area contributed by atoms with E-state index in [2.05, 4.69) is 24.1 Å². The van der Waals surface area contributed by atoms with Crippen LogP contribution in [0.5, 0.6) is 5.75 Å². The summed E-state index contributed by atoms with van der Waals surface area (Å²) in [6.07, 6.45) is 1.71. The number of nitrogens with one attached hydrogen (secondary N) is 1. The van der Waals surface area contributed by atoms with Gasteiger partial charge in [-0.25, -0.2) is 9.37 Å². The minimum absolute atomic E-state index is 0.299. The van der Waals surface area contributed by atoms with Crippen molar-refractivity contribution in [1.82, 2.24) is 10.3 Å². The number of ether oxygens (including phenoxy) is 1. The number of hydrogen-bond donors (Lipinski definition) is 1. The van der Waals surface area contributed by atoms with Gasteiger partial charge in [-0.15, -0.1) is 11.3 Å². The predicted molar refractivity (Wildman–Crippen MR) is 74.8 cm³/mol. The van der Waals surface area contributed by atoms with Crippen molar-refractivity contribution in [1.29, 1.82) is 0 Å². The first kappa shape index (κ1) is 14.0. The minimum atomic E-state index is -0.334. The van der Waals surface area contributed by atoms with Gasteiger partial charge in [-0.3, -0.25) is 0 Å². The number of benzene rings is 1. The zero-order valence-corrected chi connectivity index (χ0v) is 11.8. The Balaban J connectivity index is 2.08.